The summed E-state index contributed by atoms with van der Waals surface area (Å²) in [4.78, 5) is 1.29. The Labute approximate surface area is 130 Å². The fraction of sp³-hybridized carbons (Fsp3) is 0.412. The van der Waals surface area contributed by atoms with Crippen molar-refractivity contribution in [3.05, 3.63) is 45.6 Å². The van der Waals surface area contributed by atoms with Gasteiger partial charge in [-0.2, -0.15) is 0 Å². The fourth-order valence-electron chi connectivity index (χ4n) is 2.43. The van der Waals surface area contributed by atoms with Crippen LogP contribution in [0.5, 0.6) is 11.5 Å². The van der Waals surface area contributed by atoms with Gasteiger partial charge < -0.3 is 14.8 Å². The van der Waals surface area contributed by atoms with Crippen LogP contribution in [0.15, 0.2) is 29.6 Å². The van der Waals surface area contributed by atoms with Crippen molar-refractivity contribution < 1.29 is 9.47 Å². The minimum absolute atomic E-state index is 0.277. The van der Waals surface area contributed by atoms with Gasteiger partial charge in [0.25, 0.3) is 0 Å². The SMILES string of the molecule is CCNC(Cc1cc(C)ccc1OC)c1cc(OC)cs1. The summed E-state index contributed by atoms with van der Waals surface area (Å²) < 4.78 is 10.8. The van der Waals surface area contributed by atoms with Crippen molar-refractivity contribution in [2.45, 2.75) is 26.3 Å². The largest absolute Gasteiger partial charge is 0.496 e. The van der Waals surface area contributed by atoms with Crippen molar-refractivity contribution in [1.82, 2.24) is 5.32 Å². The molecule has 0 aliphatic rings. The second kappa shape index (κ2) is 7.48. The summed E-state index contributed by atoms with van der Waals surface area (Å²) in [6, 6.07) is 8.72. The molecule has 1 aromatic carbocycles. The number of hydrogen-bond acceptors (Lipinski definition) is 4. The predicted molar refractivity (Wildman–Crippen MR) is 88.7 cm³/mol. The van der Waals surface area contributed by atoms with Gasteiger partial charge in [0.15, 0.2) is 0 Å². The first-order valence-corrected chi connectivity index (χ1v) is 8.05. The number of thiophene rings is 1. The number of methoxy groups -OCH3 is 2. The Morgan fingerprint density at radius 2 is 2.00 bits per heavy atom. The third-order valence-corrected chi connectivity index (χ3v) is 4.51. The summed E-state index contributed by atoms with van der Waals surface area (Å²) in [7, 11) is 3.43. The molecular weight excluding hydrogens is 282 g/mol. The summed E-state index contributed by atoms with van der Waals surface area (Å²) >= 11 is 1.73. The highest BCUT2D eigenvalue weighted by atomic mass is 32.1. The van der Waals surface area contributed by atoms with Gasteiger partial charge in [-0.1, -0.05) is 24.6 Å². The maximum absolute atomic E-state index is 5.49. The minimum Gasteiger partial charge on any atom is -0.496 e. The van der Waals surface area contributed by atoms with E-state index in [0.717, 1.165) is 24.5 Å². The summed E-state index contributed by atoms with van der Waals surface area (Å²) in [5, 5.41) is 5.60. The molecule has 0 saturated heterocycles. The summed E-state index contributed by atoms with van der Waals surface area (Å²) in [5.41, 5.74) is 2.49. The fourth-order valence-corrected chi connectivity index (χ4v) is 3.36. The van der Waals surface area contributed by atoms with Crippen molar-refractivity contribution in [2.24, 2.45) is 0 Å². The van der Waals surface area contributed by atoms with Gasteiger partial charge in [-0.05, 0) is 37.6 Å². The van der Waals surface area contributed by atoms with E-state index in [1.54, 1.807) is 25.6 Å². The average Bonchev–Trinajstić information content (AvgIpc) is 2.96. The van der Waals surface area contributed by atoms with Crippen LogP contribution in [0.1, 0.15) is 29.0 Å². The van der Waals surface area contributed by atoms with Crippen molar-refractivity contribution in [3.63, 3.8) is 0 Å². The molecule has 1 N–H and O–H groups in total. The van der Waals surface area contributed by atoms with Gasteiger partial charge in [-0.3, -0.25) is 0 Å². The Balaban J connectivity index is 2.25. The predicted octanol–water partition coefficient (Wildman–Crippen LogP) is 3.97. The maximum Gasteiger partial charge on any atom is 0.129 e. The third-order valence-electron chi connectivity index (χ3n) is 3.49. The number of likely N-dealkylation sites (N-methyl/N-ethyl adjacent to an activating group) is 1. The van der Waals surface area contributed by atoms with Crippen molar-refractivity contribution in [2.75, 3.05) is 20.8 Å². The number of hydrogen-bond donors (Lipinski definition) is 1. The molecular formula is C17H23NO2S. The number of aryl methyl sites for hydroxylation is 1. The van der Waals surface area contributed by atoms with Gasteiger partial charge in [-0.25, -0.2) is 0 Å². The van der Waals surface area contributed by atoms with Gasteiger partial charge in [0.1, 0.15) is 11.5 Å². The Kier molecular flexibility index (Phi) is 5.65. The van der Waals surface area contributed by atoms with Gasteiger partial charge in [0.05, 0.1) is 14.2 Å². The van der Waals surface area contributed by atoms with Crippen LogP contribution >= 0.6 is 11.3 Å². The van der Waals surface area contributed by atoms with E-state index in [9.17, 15) is 0 Å². The van der Waals surface area contributed by atoms with Crippen LogP contribution in [0.4, 0.5) is 0 Å². The van der Waals surface area contributed by atoms with E-state index in [-0.39, 0.29) is 6.04 Å². The van der Waals surface area contributed by atoms with E-state index in [4.69, 9.17) is 9.47 Å². The van der Waals surface area contributed by atoms with E-state index in [1.165, 1.54) is 16.0 Å². The highest BCUT2D eigenvalue weighted by Crippen LogP contribution is 2.31. The van der Waals surface area contributed by atoms with Gasteiger partial charge in [0.2, 0.25) is 0 Å². The Morgan fingerprint density at radius 1 is 1.19 bits per heavy atom. The number of nitrogens with one attached hydrogen (secondary N) is 1. The summed E-state index contributed by atoms with van der Waals surface area (Å²) in [5.74, 6) is 1.88. The average molecular weight is 305 g/mol. The monoisotopic (exact) mass is 305 g/mol. The van der Waals surface area contributed by atoms with Crippen LogP contribution in [-0.2, 0) is 6.42 Å². The first-order valence-electron chi connectivity index (χ1n) is 7.17. The van der Waals surface area contributed by atoms with E-state index in [2.05, 4.69) is 37.4 Å². The summed E-state index contributed by atoms with van der Waals surface area (Å²) in [6.07, 6.45) is 0.905. The molecule has 1 unspecified atom stereocenters. The highest BCUT2D eigenvalue weighted by Gasteiger charge is 2.16. The number of rotatable bonds is 7. The lowest BCUT2D eigenvalue weighted by atomic mass is 10.0. The quantitative estimate of drug-likeness (QED) is 0.839. The van der Waals surface area contributed by atoms with Gasteiger partial charge in [-0.15, -0.1) is 11.3 Å². The smallest absolute Gasteiger partial charge is 0.129 e. The molecule has 2 aromatic rings. The van der Waals surface area contributed by atoms with Crippen molar-refractivity contribution in [1.29, 1.82) is 0 Å². The minimum atomic E-state index is 0.277. The molecule has 21 heavy (non-hydrogen) atoms. The molecule has 0 aliphatic heterocycles. The Hall–Kier alpha value is -1.52. The molecule has 2 rings (SSSR count). The topological polar surface area (TPSA) is 30.5 Å². The molecule has 1 atom stereocenters. The lowest BCUT2D eigenvalue weighted by Crippen LogP contribution is -2.22. The molecule has 0 fully saturated rings. The molecule has 0 bridgehead atoms. The van der Waals surface area contributed by atoms with Crippen LogP contribution in [-0.4, -0.2) is 20.8 Å². The zero-order valence-electron chi connectivity index (χ0n) is 13.1. The van der Waals surface area contributed by atoms with E-state index >= 15 is 0 Å². The standard InChI is InChI=1S/C17H23NO2S/c1-5-18-15(17-10-14(19-3)11-21-17)9-13-8-12(2)6-7-16(13)20-4/h6-8,10-11,15,18H,5,9H2,1-4H3. The molecule has 0 spiro atoms. The zero-order valence-corrected chi connectivity index (χ0v) is 13.9. The van der Waals surface area contributed by atoms with E-state index in [1.807, 2.05) is 11.4 Å². The number of ether oxygens (including phenoxy) is 2. The Morgan fingerprint density at radius 3 is 2.62 bits per heavy atom. The molecule has 114 valence electrons. The van der Waals surface area contributed by atoms with Crippen molar-refractivity contribution in [3.8, 4) is 11.5 Å². The van der Waals surface area contributed by atoms with E-state index in [0.29, 0.717) is 0 Å². The van der Waals surface area contributed by atoms with Crippen LogP contribution in [0.25, 0.3) is 0 Å². The zero-order chi connectivity index (χ0) is 15.2. The van der Waals surface area contributed by atoms with Crippen molar-refractivity contribution >= 4 is 11.3 Å². The summed E-state index contributed by atoms with van der Waals surface area (Å²) in [6.45, 7) is 5.17. The molecule has 4 heteroatoms. The highest BCUT2D eigenvalue weighted by molar-refractivity contribution is 7.10. The lowest BCUT2D eigenvalue weighted by Gasteiger charge is -2.18. The molecule has 0 saturated carbocycles. The number of benzene rings is 1. The first kappa shape index (κ1) is 15.9. The molecule has 0 aliphatic carbocycles. The second-order valence-electron chi connectivity index (χ2n) is 5.02. The van der Waals surface area contributed by atoms with Crippen LogP contribution in [0.2, 0.25) is 0 Å². The molecule has 3 nitrogen and oxygen atoms in total. The molecule has 0 radical (unpaired) electrons. The maximum atomic E-state index is 5.49. The molecule has 1 aromatic heterocycles. The lowest BCUT2D eigenvalue weighted by molar-refractivity contribution is 0.405. The van der Waals surface area contributed by atoms with Crippen LogP contribution < -0.4 is 14.8 Å². The van der Waals surface area contributed by atoms with Gasteiger partial charge >= 0.3 is 0 Å². The molecule has 0 amide bonds. The Bertz CT molecular complexity index is 580. The third kappa shape index (κ3) is 3.99. The normalized spacial score (nSPS) is 12.2. The van der Waals surface area contributed by atoms with E-state index < -0.39 is 0 Å². The van der Waals surface area contributed by atoms with Crippen LogP contribution in [0.3, 0.4) is 0 Å². The molecule has 1 heterocycles. The second-order valence-corrected chi connectivity index (χ2v) is 5.96. The van der Waals surface area contributed by atoms with Crippen LogP contribution in [0, 0.1) is 6.92 Å². The van der Waals surface area contributed by atoms with Gasteiger partial charge in [0, 0.05) is 16.3 Å². The first-order chi connectivity index (χ1) is 10.2.